The van der Waals surface area contributed by atoms with E-state index in [9.17, 15) is 0 Å². The van der Waals surface area contributed by atoms with Crippen LogP contribution in [0.5, 0.6) is 0 Å². The van der Waals surface area contributed by atoms with Gasteiger partial charge in [0.25, 0.3) is 0 Å². The SMILES string of the molecule is CCCC(CC)Cc1c2nc(cc3ccc([nH]3)c(CC(CC)CCC)c3nc(cc4ccc1[nH]4)C=C3)C=C2. The van der Waals surface area contributed by atoms with Crippen molar-refractivity contribution in [3.05, 3.63) is 70.3 Å². The van der Waals surface area contributed by atoms with E-state index in [2.05, 4.69) is 98.4 Å². The van der Waals surface area contributed by atoms with E-state index in [-0.39, 0.29) is 0 Å². The molecule has 5 heterocycles. The number of hydrogen-bond donors (Lipinski definition) is 2. The Bertz CT molecular complexity index is 1370. The molecule has 198 valence electrons. The van der Waals surface area contributed by atoms with Crippen LogP contribution in [0.3, 0.4) is 0 Å². The third kappa shape index (κ3) is 5.85. The summed E-state index contributed by atoms with van der Waals surface area (Å²) >= 11 is 0. The molecule has 0 saturated heterocycles. The lowest BCUT2D eigenvalue weighted by Crippen LogP contribution is -2.05. The van der Waals surface area contributed by atoms with Crippen LogP contribution >= 0.6 is 0 Å². The van der Waals surface area contributed by atoms with Crippen molar-refractivity contribution in [2.45, 2.75) is 79.1 Å². The Kier molecular flexibility index (Phi) is 8.26. The maximum Gasteiger partial charge on any atom is 0.0690 e. The van der Waals surface area contributed by atoms with E-state index >= 15 is 0 Å². The van der Waals surface area contributed by atoms with E-state index in [1.807, 2.05) is 0 Å². The third-order valence-corrected chi connectivity index (χ3v) is 8.15. The second kappa shape index (κ2) is 12.0. The first-order chi connectivity index (χ1) is 18.6. The first-order valence-electron chi connectivity index (χ1n) is 14.7. The largest absolute Gasteiger partial charge is 0.355 e. The highest BCUT2D eigenvalue weighted by molar-refractivity contribution is 5.80. The van der Waals surface area contributed by atoms with Crippen LogP contribution in [0, 0.1) is 11.8 Å². The molecule has 0 aromatic carbocycles. The summed E-state index contributed by atoms with van der Waals surface area (Å²) in [6.07, 6.45) is 18.0. The molecule has 2 aliphatic heterocycles. The zero-order chi connectivity index (χ0) is 26.5. The fourth-order valence-electron chi connectivity index (χ4n) is 5.92. The molecule has 38 heavy (non-hydrogen) atoms. The smallest absolute Gasteiger partial charge is 0.0690 e. The lowest BCUT2D eigenvalue weighted by molar-refractivity contribution is 0.462. The van der Waals surface area contributed by atoms with Crippen molar-refractivity contribution in [1.82, 2.24) is 19.9 Å². The molecule has 4 heteroatoms. The van der Waals surface area contributed by atoms with Crippen molar-refractivity contribution in [2.24, 2.45) is 11.8 Å². The van der Waals surface area contributed by atoms with Gasteiger partial charge in [-0.25, -0.2) is 9.97 Å². The average molecular weight is 507 g/mol. The number of hydrogen-bond acceptors (Lipinski definition) is 2. The Morgan fingerprint density at radius 1 is 0.605 bits per heavy atom. The normalized spacial score (nSPS) is 14.2. The lowest BCUT2D eigenvalue weighted by Gasteiger charge is -2.14. The number of fused-ring (bicyclic) bond motifs is 8. The fraction of sp³-hybridized carbons (Fsp3) is 0.412. The van der Waals surface area contributed by atoms with Crippen molar-refractivity contribution in [3.8, 4) is 0 Å². The van der Waals surface area contributed by atoms with E-state index in [1.165, 1.54) is 49.7 Å². The quantitative estimate of drug-likeness (QED) is 0.198. The average Bonchev–Trinajstić information content (AvgIpc) is 3.73. The molecule has 3 aromatic rings. The van der Waals surface area contributed by atoms with Crippen molar-refractivity contribution >= 4 is 46.4 Å². The van der Waals surface area contributed by atoms with Crippen LogP contribution in [0.1, 0.15) is 100 Å². The summed E-state index contributed by atoms with van der Waals surface area (Å²) in [5.41, 5.74) is 11.2. The number of aromatic nitrogens is 4. The number of nitrogens with one attached hydrogen (secondary N) is 2. The molecule has 0 spiro atoms. The molecule has 5 rings (SSSR count). The lowest BCUT2D eigenvalue weighted by atomic mass is 9.92. The van der Waals surface area contributed by atoms with Crippen LogP contribution < -0.4 is 0 Å². The molecule has 3 aromatic heterocycles. The zero-order valence-electron chi connectivity index (χ0n) is 23.5. The Labute approximate surface area is 227 Å². The Morgan fingerprint density at radius 3 is 1.45 bits per heavy atom. The van der Waals surface area contributed by atoms with E-state index in [4.69, 9.17) is 9.97 Å². The highest BCUT2D eigenvalue weighted by Gasteiger charge is 2.16. The molecular weight excluding hydrogens is 464 g/mol. The molecule has 2 N–H and O–H groups in total. The van der Waals surface area contributed by atoms with Gasteiger partial charge in [0.15, 0.2) is 0 Å². The molecule has 0 amide bonds. The molecule has 2 atom stereocenters. The number of rotatable bonds is 10. The molecule has 0 aliphatic carbocycles. The van der Waals surface area contributed by atoms with Gasteiger partial charge in [-0.05, 0) is 85.4 Å². The zero-order valence-corrected chi connectivity index (χ0v) is 23.5. The van der Waals surface area contributed by atoms with Crippen LogP contribution in [-0.4, -0.2) is 19.9 Å². The number of aromatic amines is 2. The van der Waals surface area contributed by atoms with E-state index in [0.29, 0.717) is 11.8 Å². The van der Waals surface area contributed by atoms with Gasteiger partial charge in [-0.2, -0.15) is 0 Å². The summed E-state index contributed by atoms with van der Waals surface area (Å²) < 4.78 is 0. The predicted octanol–water partition coefficient (Wildman–Crippen LogP) is 9.39. The summed E-state index contributed by atoms with van der Waals surface area (Å²) in [5, 5.41) is 0. The van der Waals surface area contributed by atoms with Gasteiger partial charge < -0.3 is 9.97 Å². The Hall–Kier alpha value is -3.40. The van der Waals surface area contributed by atoms with E-state index < -0.39 is 0 Å². The van der Waals surface area contributed by atoms with Crippen molar-refractivity contribution < 1.29 is 0 Å². The maximum absolute atomic E-state index is 5.09. The van der Waals surface area contributed by atoms with Gasteiger partial charge in [0.2, 0.25) is 0 Å². The van der Waals surface area contributed by atoms with Gasteiger partial charge in [-0.1, -0.05) is 66.2 Å². The maximum atomic E-state index is 5.09. The van der Waals surface area contributed by atoms with Crippen molar-refractivity contribution in [2.75, 3.05) is 0 Å². The van der Waals surface area contributed by atoms with Crippen LogP contribution in [-0.2, 0) is 12.8 Å². The van der Waals surface area contributed by atoms with Gasteiger partial charge in [-0.3, -0.25) is 0 Å². The molecule has 0 saturated carbocycles. The fourth-order valence-corrected chi connectivity index (χ4v) is 5.92. The monoisotopic (exact) mass is 506 g/mol. The first-order valence-corrected chi connectivity index (χ1v) is 14.7. The second-order valence-electron chi connectivity index (χ2n) is 10.9. The summed E-state index contributed by atoms with van der Waals surface area (Å²) in [6, 6.07) is 13.1. The molecule has 0 radical (unpaired) electrons. The minimum absolute atomic E-state index is 0.652. The van der Waals surface area contributed by atoms with Crippen LogP contribution in [0.25, 0.3) is 46.4 Å². The molecule has 2 aliphatic rings. The summed E-state index contributed by atoms with van der Waals surface area (Å²) in [7, 11) is 0. The topological polar surface area (TPSA) is 57.4 Å². The summed E-state index contributed by atoms with van der Waals surface area (Å²) in [6.45, 7) is 9.17. The summed E-state index contributed by atoms with van der Waals surface area (Å²) in [4.78, 5) is 17.6. The van der Waals surface area contributed by atoms with E-state index in [1.54, 1.807) is 0 Å². The minimum atomic E-state index is 0.652. The van der Waals surface area contributed by atoms with E-state index in [0.717, 1.165) is 57.7 Å². The van der Waals surface area contributed by atoms with Crippen LogP contribution in [0.4, 0.5) is 0 Å². The first kappa shape index (κ1) is 26.2. The molecule has 0 fully saturated rings. The number of H-pyrrole nitrogens is 2. The molecular formula is C34H42N4. The predicted molar refractivity (Wildman–Crippen MR) is 164 cm³/mol. The van der Waals surface area contributed by atoms with Crippen LogP contribution in [0.2, 0.25) is 0 Å². The van der Waals surface area contributed by atoms with Gasteiger partial charge in [-0.15, -0.1) is 0 Å². The van der Waals surface area contributed by atoms with Gasteiger partial charge >= 0.3 is 0 Å². The Balaban J connectivity index is 1.73. The summed E-state index contributed by atoms with van der Waals surface area (Å²) in [5.74, 6) is 1.30. The van der Waals surface area contributed by atoms with Crippen molar-refractivity contribution in [1.29, 1.82) is 0 Å². The molecule has 8 bridgehead atoms. The van der Waals surface area contributed by atoms with Gasteiger partial charge in [0.1, 0.15) is 0 Å². The standard InChI is InChI=1S/C34H42N4/c1-5-9-23(7-3)19-29-31-15-11-25(35-31)21-27-13-17-33(37-27)30(20-24(8-4)10-6-2)34-18-14-28(38-34)22-26-12-16-32(29)36-26/h11-18,21-24,35,38H,5-10,19-20H2,1-4H3. The Morgan fingerprint density at radius 2 is 1.05 bits per heavy atom. The van der Waals surface area contributed by atoms with Crippen LogP contribution in [0.15, 0.2) is 36.4 Å². The van der Waals surface area contributed by atoms with Gasteiger partial charge in [0.05, 0.1) is 22.8 Å². The highest BCUT2D eigenvalue weighted by Crippen LogP contribution is 2.28. The van der Waals surface area contributed by atoms with Gasteiger partial charge in [0, 0.05) is 33.2 Å². The molecule has 2 unspecified atom stereocenters. The van der Waals surface area contributed by atoms with Crippen molar-refractivity contribution in [3.63, 3.8) is 0 Å². The minimum Gasteiger partial charge on any atom is -0.355 e. The molecule has 4 nitrogen and oxygen atoms in total. The number of nitrogens with zero attached hydrogens (tertiary/aromatic N) is 2. The third-order valence-electron chi connectivity index (χ3n) is 8.15. The second-order valence-corrected chi connectivity index (χ2v) is 10.9. The highest BCUT2D eigenvalue weighted by atomic mass is 14.8.